The predicted molar refractivity (Wildman–Crippen MR) is 56.5 cm³/mol. The third-order valence-corrected chi connectivity index (χ3v) is 1.91. The van der Waals surface area contributed by atoms with E-state index in [1.807, 2.05) is 0 Å². The lowest BCUT2D eigenvalue weighted by Gasteiger charge is -2.05. The van der Waals surface area contributed by atoms with E-state index in [1.165, 1.54) is 0 Å². The van der Waals surface area contributed by atoms with Crippen LogP contribution in [-0.4, -0.2) is 31.6 Å². The van der Waals surface area contributed by atoms with Crippen LogP contribution < -0.4 is 10.6 Å². The maximum absolute atomic E-state index is 11.7. The van der Waals surface area contributed by atoms with E-state index in [4.69, 9.17) is 0 Å². The Balaban J connectivity index is 3.30. The first-order chi connectivity index (χ1) is 7.20. The molecule has 2 amide bonds. The van der Waals surface area contributed by atoms with E-state index >= 15 is 0 Å². The van der Waals surface area contributed by atoms with Crippen molar-refractivity contribution in [3.63, 3.8) is 0 Å². The van der Waals surface area contributed by atoms with Crippen LogP contribution in [0.25, 0.3) is 0 Å². The van der Waals surface area contributed by atoms with Crippen molar-refractivity contribution in [2.45, 2.75) is 32.6 Å². The molecule has 0 rings (SSSR count). The van der Waals surface area contributed by atoms with Gasteiger partial charge in [-0.1, -0.05) is 26.2 Å². The summed E-state index contributed by atoms with van der Waals surface area (Å²) >= 11 is 0. The molecule has 0 aliphatic heterocycles. The Morgan fingerprint density at radius 2 is 1.87 bits per heavy atom. The number of nitrogens with one attached hydrogen (secondary N) is 2. The van der Waals surface area contributed by atoms with Gasteiger partial charge in [0, 0.05) is 6.54 Å². The van der Waals surface area contributed by atoms with Gasteiger partial charge >= 0.3 is 6.03 Å². The Kier molecular flexibility index (Phi) is 8.72. The van der Waals surface area contributed by atoms with Crippen molar-refractivity contribution in [3.05, 3.63) is 0 Å². The number of Topliss-reactive ketones (excluding diaryl/α,β-unsaturated/α-hetero) is 1. The van der Waals surface area contributed by atoms with Gasteiger partial charge < -0.3 is 10.6 Å². The minimum absolute atomic E-state index is 0.239. The van der Waals surface area contributed by atoms with E-state index in [2.05, 4.69) is 17.6 Å². The van der Waals surface area contributed by atoms with Gasteiger partial charge in [-0.25, -0.2) is 9.18 Å². The summed E-state index contributed by atoms with van der Waals surface area (Å²) in [7, 11) is 0. The quantitative estimate of drug-likeness (QED) is 0.605. The Morgan fingerprint density at radius 3 is 2.47 bits per heavy atom. The van der Waals surface area contributed by atoms with E-state index < -0.39 is 18.5 Å². The van der Waals surface area contributed by atoms with E-state index in [-0.39, 0.29) is 6.54 Å². The monoisotopic (exact) mass is 218 g/mol. The summed E-state index contributed by atoms with van der Waals surface area (Å²) in [5, 5.41) is 4.88. The predicted octanol–water partition coefficient (Wildman–Crippen LogP) is 1.40. The highest BCUT2D eigenvalue weighted by Crippen LogP contribution is 1.96. The summed E-state index contributed by atoms with van der Waals surface area (Å²) in [4.78, 5) is 21.5. The molecule has 0 aliphatic carbocycles. The van der Waals surface area contributed by atoms with Crippen LogP contribution in [0.15, 0.2) is 0 Å². The molecule has 0 radical (unpaired) electrons. The van der Waals surface area contributed by atoms with Crippen molar-refractivity contribution >= 4 is 11.8 Å². The molecular weight excluding hydrogens is 199 g/mol. The van der Waals surface area contributed by atoms with E-state index in [0.29, 0.717) is 6.54 Å². The molecule has 0 saturated heterocycles. The lowest BCUT2D eigenvalue weighted by Crippen LogP contribution is -2.39. The summed E-state index contributed by atoms with van der Waals surface area (Å²) in [6.45, 7) is 1.44. The van der Waals surface area contributed by atoms with Gasteiger partial charge in [0.25, 0.3) is 0 Å². The van der Waals surface area contributed by atoms with Crippen LogP contribution in [0.1, 0.15) is 32.6 Å². The average Bonchev–Trinajstić information content (AvgIpc) is 2.25. The van der Waals surface area contributed by atoms with Crippen molar-refractivity contribution in [2.24, 2.45) is 0 Å². The molecule has 5 heteroatoms. The number of ketones is 1. The second kappa shape index (κ2) is 9.43. The first-order valence-corrected chi connectivity index (χ1v) is 5.30. The Hall–Kier alpha value is -1.13. The van der Waals surface area contributed by atoms with E-state index in [9.17, 15) is 14.0 Å². The van der Waals surface area contributed by atoms with Crippen molar-refractivity contribution in [2.75, 3.05) is 19.8 Å². The maximum atomic E-state index is 11.7. The van der Waals surface area contributed by atoms with Crippen LogP contribution in [-0.2, 0) is 4.79 Å². The molecule has 15 heavy (non-hydrogen) atoms. The first-order valence-electron chi connectivity index (χ1n) is 5.30. The Bertz CT molecular complexity index is 198. The third-order valence-electron chi connectivity index (χ3n) is 1.91. The molecule has 0 aromatic carbocycles. The fraction of sp³-hybridized carbons (Fsp3) is 0.800. The molecule has 2 N–H and O–H groups in total. The lowest BCUT2D eigenvalue weighted by molar-refractivity contribution is -0.118. The molecule has 0 spiro atoms. The number of carbonyl (C=O) groups is 2. The number of hydrogen-bond acceptors (Lipinski definition) is 2. The summed E-state index contributed by atoms with van der Waals surface area (Å²) in [6.07, 6.45) is 4.32. The molecule has 4 nitrogen and oxygen atoms in total. The van der Waals surface area contributed by atoms with Gasteiger partial charge in [0.05, 0.1) is 6.54 Å². The van der Waals surface area contributed by atoms with Gasteiger partial charge in [0.1, 0.15) is 6.67 Å². The molecule has 0 aromatic rings. The third kappa shape index (κ3) is 9.18. The number of carbonyl (C=O) groups excluding carboxylic acids is 2. The van der Waals surface area contributed by atoms with Crippen LogP contribution in [0.4, 0.5) is 9.18 Å². The van der Waals surface area contributed by atoms with Crippen LogP contribution in [0.3, 0.4) is 0 Å². The summed E-state index contributed by atoms with van der Waals surface area (Å²) in [5.74, 6) is -0.615. The highest BCUT2D eigenvalue weighted by Gasteiger charge is 2.03. The number of amides is 2. The maximum Gasteiger partial charge on any atom is 0.315 e. The van der Waals surface area contributed by atoms with Crippen LogP contribution in [0, 0.1) is 0 Å². The van der Waals surface area contributed by atoms with E-state index in [0.717, 1.165) is 25.7 Å². The first kappa shape index (κ1) is 13.9. The van der Waals surface area contributed by atoms with Gasteiger partial charge in [0.15, 0.2) is 5.78 Å². The lowest BCUT2D eigenvalue weighted by atomic mass is 10.2. The fourth-order valence-electron chi connectivity index (χ4n) is 1.04. The summed E-state index contributed by atoms with van der Waals surface area (Å²) < 4.78 is 11.7. The highest BCUT2D eigenvalue weighted by molar-refractivity contribution is 5.86. The van der Waals surface area contributed by atoms with Crippen molar-refractivity contribution in [1.29, 1.82) is 0 Å². The number of alkyl halides is 1. The molecule has 0 atom stereocenters. The number of halogens is 1. The minimum Gasteiger partial charge on any atom is -0.338 e. The average molecular weight is 218 g/mol. The largest absolute Gasteiger partial charge is 0.338 e. The number of urea groups is 1. The number of rotatable bonds is 8. The zero-order chi connectivity index (χ0) is 11.5. The van der Waals surface area contributed by atoms with Gasteiger partial charge in [-0.2, -0.15) is 0 Å². The van der Waals surface area contributed by atoms with Crippen molar-refractivity contribution < 1.29 is 14.0 Å². The molecule has 0 aromatic heterocycles. The second-order valence-corrected chi connectivity index (χ2v) is 3.34. The van der Waals surface area contributed by atoms with Crippen molar-refractivity contribution in [1.82, 2.24) is 10.6 Å². The normalized spacial score (nSPS) is 9.73. The highest BCUT2D eigenvalue weighted by atomic mass is 19.1. The molecule has 0 aliphatic rings. The van der Waals surface area contributed by atoms with E-state index in [1.54, 1.807) is 0 Å². The van der Waals surface area contributed by atoms with Crippen LogP contribution in [0.2, 0.25) is 0 Å². The van der Waals surface area contributed by atoms with Crippen LogP contribution >= 0.6 is 0 Å². The van der Waals surface area contributed by atoms with Gasteiger partial charge in [0.2, 0.25) is 0 Å². The van der Waals surface area contributed by atoms with Gasteiger partial charge in [-0.3, -0.25) is 4.79 Å². The molecular formula is C10H19FN2O2. The SMILES string of the molecule is CCCCCCNC(=O)NCC(=O)CF. The molecule has 0 fully saturated rings. The number of hydrogen-bond donors (Lipinski definition) is 2. The number of unbranched alkanes of at least 4 members (excludes halogenated alkanes) is 3. The molecule has 0 saturated carbocycles. The fourth-order valence-corrected chi connectivity index (χ4v) is 1.04. The van der Waals surface area contributed by atoms with Gasteiger partial charge in [-0.15, -0.1) is 0 Å². The topological polar surface area (TPSA) is 58.2 Å². The smallest absolute Gasteiger partial charge is 0.315 e. The Morgan fingerprint density at radius 1 is 1.13 bits per heavy atom. The van der Waals surface area contributed by atoms with Gasteiger partial charge in [-0.05, 0) is 6.42 Å². The zero-order valence-electron chi connectivity index (χ0n) is 9.14. The zero-order valence-corrected chi connectivity index (χ0v) is 9.14. The Labute approximate surface area is 89.6 Å². The molecule has 88 valence electrons. The summed E-state index contributed by atoms with van der Waals surface area (Å²) in [5.41, 5.74) is 0. The van der Waals surface area contributed by atoms with Crippen molar-refractivity contribution in [3.8, 4) is 0 Å². The summed E-state index contributed by atoms with van der Waals surface area (Å²) in [6, 6.07) is -0.409. The second-order valence-electron chi connectivity index (χ2n) is 3.34. The van der Waals surface area contributed by atoms with Crippen LogP contribution in [0.5, 0.6) is 0 Å². The minimum atomic E-state index is -1.03. The molecule has 0 heterocycles. The molecule has 0 unspecified atom stereocenters. The molecule has 0 bridgehead atoms. The standard InChI is InChI=1S/C10H19FN2O2/c1-2-3-4-5-6-12-10(15)13-8-9(14)7-11/h2-8H2,1H3,(H2,12,13,15).